The molecule has 0 aliphatic carbocycles. The number of alkyl halides is 1. The topological polar surface area (TPSA) is 37.4 Å². The van der Waals surface area contributed by atoms with Gasteiger partial charge in [-0.15, -0.1) is 0 Å². The van der Waals surface area contributed by atoms with Crippen molar-refractivity contribution in [2.75, 3.05) is 24.2 Å². The van der Waals surface area contributed by atoms with Crippen molar-refractivity contribution in [3.63, 3.8) is 0 Å². The summed E-state index contributed by atoms with van der Waals surface area (Å²) in [5.74, 6) is 0. The van der Waals surface area contributed by atoms with Gasteiger partial charge in [0.05, 0.1) is 10.6 Å². The molecule has 0 atom stereocenters. The lowest BCUT2D eigenvalue weighted by Gasteiger charge is -2.32. The van der Waals surface area contributed by atoms with Crippen molar-refractivity contribution >= 4 is 31.5 Å². The molecule has 0 unspecified atom stereocenters. The third-order valence-corrected chi connectivity index (χ3v) is 5.09. The quantitative estimate of drug-likeness (QED) is 0.786. The van der Waals surface area contributed by atoms with Crippen LogP contribution in [0, 0.1) is 0 Å². The lowest BCUT2D eigenvalue weighted by atomic mass is 10.1. The zero-order valence-corrected chi connectivity index (χ0v) is 12.2. The van der Waals surface area contributed by atoms with Crippen molar-refractivity contribution in [1.29, 1.82) is 0 Å². The summed E-state index contributed by atoms with van der Waals surface area (Å²) in [6, 6.07) is 7.25. The maximum absolute atomic E-state index is 11.7. The number of piperidine rings is 1. The molecule has 3 nitrogen and oxygen atoms in total. The van der Waals surface area contributed by atoms with Gasteiger partial charge < -0.3 is 4.90 Å². The van der Waals surface area contributed by atoms with E-state index in [0.29, 0.717) is 9.72 Å². The fraction of sp³-hybridized carbons (Fsp3) is 0.500. The molecule has 0 amide bonds. The van der Waals surface area contributed by atoms with Crippen molar-refractivity contribution in [3.8, 4) is 0 Å². The smallest absolute Gasteiger partial charge is 0.177 e. The Labute approximate surface area is 111 Å². The third-order valence-electron chi connectivity index (χ3n) is 3.03. The van der Waals surface area contributed by atoms with Gasteiger partial charge in [0, 0.05) is 24.2 Å². The molecule has 1 aromatic rings. The minimum absolute atomic E-state index is 0.438. The Bertz CT molecular complexity index is 493. The van der Waals surface area contributed by atoms with Gasteiger partial charge in [0.2, 0.25) is 0 Å². The fourth-order valence-electron chi connectivity index (χ4n) is 2.12. The van der Waals surface area contributed by atoms with Crippen molar-refractivity contribution in [1.82, 2.24) is 0 Å². The molecule has 94 valence electrons. The molecule has 2 rings (SSSR count). The van der Waals surface area contributed by atoms with Crippen LogP contribution in [-0.4, -0.2) is 32.6 Å². The number of anilines is 1. The molecular formula is C12H16BrNO2S. The molecule has 1 saturated heterocycles. The number of nitrogens with zero attached hydrogens (tertiary/aromatic N) is 1. The number of rotatable bonds is 2. The summed E-state index contributed by atoms with van der Waals surface area (Å²) in [5, 5.41) is 0. The Balaban J connectivity index is 2.33. The number of para-hydroxylation sites is 1. The molecule has 0 spiro atoms. The van der Waals surface area contributed by atoms with Gasteiger partial charge in [0.1, 0.15) is 0 Å². The standard InChI is InChI=1S/C12H16BrNO2S/c1-17(15,16)12-5-3-2-4-11(12)14-8-6-10(13)7-9-14/h2-5,10H,6-9H2,1H3. The number of hydrogen-bond acceptors (Lipinski definition) is 3. The summed E-state index contributed by atoms with van der Waals surface area (Å²) in [6.07, 6.45) is 3.37. The summed E-state index contributed by atoms with van der Waals surface area (Å²) in [4.78, 5) is 3.16. The minimum Gasteiger partial charge on any atom is -0.370 e. The van der Waals surface area contributed by atoms with E-state index in [1.807, 2.05) is 12.1 Å². The zero-order chi connectivity index (χ0) is 12.5. The summed E-state index contributed by atoms with van der Waals surface area (Å²) in [7, 11) is -3.15. The van der Waals surface area contributed by atoms with Crippen LogP contribution in [0.2, 0.25) is 0 Å². The molecule has 0 N–H and O–H groups in total. The molecule has 1 aliphatic rings. The van der Waals surface area contributed by atoms with Crippen LogP contribution in [0.1, 0.15) is 12.8 Å². The van der Waals surface area contributed by atoms with E-state index in [2.05, 4.69) is 20.8 Å². The van der Waals surface area contributed by atoms with Crippen LogP contribution >= 0.6 is 15.9 Å². The van der Waals surface area contributed by atoms with Crippen molar-refractivity contribution < 1.29 is 8.42 Å². The first-order chi connectivity index (χ1) is 7.98. The number of sulfone groups is 1. The van der Waals surface area contributed by atoms with Gasteiger partial charge >= 0.3 is 0 Å². The number of halogens is 1. The molecule has 0 saturated carbocycles. The largest absolute Gasteiger partial charge is 0.370 e. The minimum atomic E-state index is -3.15. The lowest BCUT2D eigenvalue weighted by Crippen LogP contribution is -2.34. The predicted octanol–water partition coefficient (Wildman–Crippen LogP) is 2.45. The van der Waals surface area contributed by atoms with Crippen LogP contribution in [0.5, 0.6) is 0 Å². The Morgan fingerprint density at radius 2 is 1.82 bits per heavy atom. The van der Waals surface area contributed by atoms with E-state index >= 15 is 0 Å². The van der Waals surface area contributed by atoms with Gasteiger partial charge in [-0.2, -0.15) is 0 Å². The van der Waals surface area contributed by atoms with Crippen molar-refractivity contribution in [2.45, 2.75) is 22.6 Å². The predicted molar refractivity (Wildman–Crippen MR) is 73.7 cm³/mol. The van der Waals surface area contributed by atoms with Crippen LogP contribution in [0.25, 0.3) is 0 Å². The fourth-order valence-corrected chi connectivity index (χ4v) is 3.43. The first-order valence-corrected chi connectivity index (χ1v) is 8.47. The molecule has 1 fully saturated rings. The first kappa shape index (κ1) is 12.9. The Hall–Kier alpha value is -0.550. The molecule has 0 aromatic heterocycles. The Morgan fingerprint density at radius 1 is 1.24 bits per heavy atom. The van der Waals surface area contributed by atoms with Crippen LogP contribution in [0.4, 0.5) is 5.69 Å². The van der Waals surface area contributed by atoms with Gasteiger partial charge in [-0.3, -0.25) is 0 Å². The Kier molecular flexibility index (Phi) is 3.78. The third kappa shape index (κ3) is 3.01. The second-order valence-electron chi connectivity index (χ2n) is 4.40. The monoisotopic (exact) mass is 317 g/mol. The van der Waals surface area contributed by atoms with E-state index in [-0.39, 0.29) is 0 Å². The zero-order valence-electron chi connectivity index (χ0n) is 9.77. The molecule has 0 bridgehead atoms. The van der Waals surface area contributed by atoms with Gasteiger partial charge in [0.25, 0.3) is 0 Å². The number of benzene rings is 1. The van der Waals surface area contributed by atoms with Gasteiger partial charge in [0.15, 0.2) is 9.84 Å². The highest BCUT2D eigenvalue weighted by atomic mass is 79.9. The van der Waals surface area contributed by atoms with Gasteiger partial charge in [-0.05, 0) is 25.0 Å². The summed E-state index contributed by atoms with van der Waals surface area (Å²) in [5.41, 5.74) is 0.842. The van der Waals surface area contributed by atoms with Crippen molar-refractivity contribution in [2.24, 2.45) is 0 Å². The second kappa shape index (κ2) is 4.98. The van der Waals surface area contributed by atoms with E-state index in [1.54, 1.807) is 12.1 Å². The van der Waals surface area contributed by atoms with Crippen LogP contribution in [0.15, 0.2) is 29.2 Å². The molecule has 1 heterocycles. The average molecular weight is 318 g/mol. The highest BCUT2D eigenvalue weighted by molar-refractivity contribution is 9.09. The normalized spacial score (nSPS) is 18.4. The molecule has 17 heavy (non-hydrogen) atoms. The van der Waals surface area contributed by atoms with Crippen molar-refractivity contribution in [3.05, 3.63) is 24.3 Å². The molecule has 1 aromatic carbocycles. The van der Waals surface area contributed by atoms with Crippen LogP contribution in [-0.2, 0) is 9.84 Å². The van der Waals surface area contributed by atoms with E-state index in [4.69, 9.17) is 0 Å². The highest BCUT2D eigenvalue weighted by Crippen LogP contribution is 2.28. The van der Waals surface area contributed by atoms with E-state index in [9.17, 15) is 8.42 Å². The van der Waals surface area contributed by atoms with Gasteiger partial charge in [-0.1, -0.05) is 28.1 Å². The molecule has 1 aliphatic heterocycles. The van der Waals surface area contributed by atoms with Crippen LogP contribution in [0.3, 0.4) is 0 Å². The summed E-state index contributed by atoms with van der Waals surface area (Å²) in [6.45, 7) is 1.81. The average Bonchev–Trinajstić information content (AvgIpc) is 2.29. The Morgan fingerprint density at radius 3 is 2.41 bits per heavy atom. The number of hydrogen-bond donors (Lipinski definition) is 0. The SMILES string of the molecule is CS(=O)(=O)c1ccccc1N1CCC(Br)CC1. The van der Waals surface area contributed by atoms with Crippen LogP contribution < -0.4 is 4.90 Å². The first-order valence-electron chi connectivity index (χ1n) is 5.66. The van der Waals surface area contributed by atoms with E-state index < -0.39 is 9.84 Å². The summed E-state index contributed by atoms with van der Waals surface area (Å²) < 4.78 is 23.4. The second-order valence-corrected chi connectivity index (χ2v) is 7.68. The van der Waals surface area contributed by atoms with Gasteiger partial charge in [-0.25, -0.2) is 8.42 Å². The summed E-state index contributed by atoms with van der Waals surface area (Å²) >= 11 is 3.60. The van der Waals surface area contributed by atoms with E-state index in [0.717, 1.165) is 31.6 Å². The molecule has 0 radical (unpaired) electrons. The molecule has 5 heteroatoms. The maximum Gasteiger partial charge on any atom is 0.177 e. The highest BCUT2D eigenvalue weighted by Gasteiger charge is 2.21. The lowest BCUT2D eigenvalue weighted by molar-refractivity contribution is 0.587. The van der Waals surface area contributed by atoms with E-state index in [1.165, 1.54) is 6.26 Å². The molecular weight excluding hydrogens is 302 g/mol. The maximum atomic E-state index is 11.7.